The van der Waals surface area contributed by atoms with Gasteiger partial charge in [0, 0.05) is 11.8 Å². The molecule has 1 saturated carbocycles. The first-order valence-corrected chi connectivity index (χ1v) is 9.52. The molecule has 1 aliphatic heterocycles. The van der Waals surface area contributed by atoms with Gasteiger partial charge < -0.3 is 10.2 Å². The number of nitrogens with one attached hydrogen (secondary N) is 1. The van der Waals surface area contributed by atoms with E-state index in [1.54, 1.807) is 16.7 Å². The van der Waals surface area contributed by atoms with Gasteiger partial charge in [0.1, 0.15) is 6.04 Å². The molecule has 0 radical (unpaired) electrons. The van der Waals surface area contributed by atoms with E-state index in [0.29, 0.717) is 22.5 Å². The second-order valence-electron chi connectivity index (χ2n) is 5.61. The van der Waals surface area contributed by atoms with E-state index in [4.69, 9.17) is 0 Å². The van der Waals surface area contributed by atoms with Crippen molar-refractivity contribution < 1.29 is 9.59 Å². The van der Waals surface area contributed by atoms with Crippen molar-refractivity contribution in [3.8, 4) is 0 Å². The first kappa shape index (κ1) is 14.9. The van der Waals surface area contributed by atoms with Gasteiger partial charge in [-0.3, -0.25) is 9.59 Å². The molecule has 4 nitrogen and oxygen atoms in total. The van der Waals surface area contributed by atoms with Gasteiger partial charge in [0.2, 0.25) is 5.91 Å². The molecule has 2 aliphatic rings. The Balaban J connectivity index is 1.63. The molecular weight excluding hydrogens is 304 g/mol. The Labute approximate surface area is 133 Å². The van der Waals surface area contributed by atoms with E-state index in [9.17, 15) is 9.59 Å². The Hall–Kier alpha value is -1.01. The zero-order valence-electron chi connectivity index (χ0n) is 11.9. The van der Waals surface area contributed by atoms with Crippen LogP contribution in [0.2, 0.25) is 0 Å². The van der Waals surface area contributed by atoms with Crippen LogP contribution in [0.5, 0.6) is 0 Å². The molecule has 1 aromatic heterocycles. The number of carbonyl (C=O) groups excluding carboxylic acids is 2. The van der Waals surface area contributed by atoms with Crippen molar-refractivity contribution in [3.63, 3.8) is 0 Å². The minimum absolute atomic E-state index is 0.0150. The number of thioether (sulfide) groups is 1. The van der Waals surface area contributed by atoms with Crippen LogP contribution in [0.25, 0.3) is 0 Å². The minimum Gasteiger partial charge on any atom is -0.352 e. The Kier molecular flexibility index (Phi) is 4.85. The first-order chi connectivity index (χ1) is 10.3. The first-order valence-electron chi connectivity index (χ1n) is 7.48. The third kappa shape index (κ3) is 3.43. The zero-order chi connectivity index (χ0) is 14.7. The van der Waals surface area contributed by atoms with E-state index in [-0.39, 0.29) is 17.9 Å². The van der Waals surface area contributed by atoms with Gasteiger partial charge in [0.25, 0.3) is 5.91 Å². The van der Waals surface area contributed by atoms with Crippen molar-refractivity contribution in [2.75, 3.05) is 11.6 Å². The van der Waals surface area contributed by atoms with Crippen LogP contribution in [0, 0.1) is 0 Å². The summed E-state index contributed by atoms with van der Waals surface area (Å²) in [5, 5.41) is 5.04. The average molecular weight is 324 g/mol. The van der Waals surface area contributed by atoms with Crippen LogP contribution in [0.3, 0.4) is 0 Å². The minimum atomic E-state index is -0.313. The molecule has 6 heteroatoms. The average Bonchev–Trinajstić information content (AvgIpc) is 3.19. The number of hydrogen-bond donors (Lipinski definition) is 1. The predicted molar refractivity (Wildman–Crippen MR) is 86.6 cm³/mol. The van der Waals surface area contributed by atoms with Gasteiger partial charge >= 0.3 is 0 Å². The molecule has 2 heterocycles. The van der Waals surface area contributed by atoms with Crippen LogP contribution >= 0.6 is 23.1 Å². The topological polar surface area (TPSA) is 49.4 Å². The molecule has 1 unspecified atom stereocenters. The molecule has 0 spiro atoms. The highest BCUT2D eigenvalue weighted by Crippen LogP contribution is 2.25. The zero-order valence-corrected chi connectivity index (χ0v) is 13.5. The summed E-state index contributed by atoms with van der Waals surface area (Å²) in [6.07, 6.45) is 5.81. The summed E-state index contributed by atoms with van der Waals surface area (Å²) in [7, 11) is 0. The van der Waals surface area contributed by atoms with Crippen molar-refractivity contribution in [1.82, 2.24) is 10.2 Å². The van der Waals surface area contributed by atoms with Gasteiger partial charge in [-0.1, -0.05) is 25.3 Å². The Morgan fingerprint density at radius 2 is 2.05 bits per heavy atom. The maximum atomic E-state index is 12.5. The summed E-state index contributed by atoms with van der Waals surface area (Å²) in [5.41, 5.74) is 0. The van der Waals surface area contributed by atoms with Crippen LogP contribution < -0.4 is 5.32 Å². The number of hydrogen-bond acceptors (Lipinski definition) is 4. The van der Waals surface area contributed by atoms with E-state index in [0.717, 1.165) is 12.8 Å². The Morgan fingerprint density at radius 3 is 2.76 bits per heavy atom. The molecule has 2 fully saturated rings. The smallest absolute Gasteiger partial charge is 0.265 e. The lowest BCUT2D eigenvalue weighted by Gasteiger charge is -2.27. The number of amides is 2. The molecule has 1 aromatic rings. The van der Waals surface area contributed by atoms with Crippen molar-refractivity contribution in [2.45, 2.75) is 44.2 Å². The summed E-state index contributed by atoms with van der Waals surface area (Å²) >= 11 is 3.09. The summed E-state index contributed by atoms with van der Waals surface area (Å²) in [4.78, 5) is 27.4. The van der Waals surface area contributed by atoms with E-state index in [1.807, 2.05) is 17.5 Å². The van der Waals surface area contributed by atoms with Crippen LogP contribution in [-0.2, 0) is 4.79 Å². The standard InChI is InChI=1S/C15H20N2O2S2/c18-14(16-11-5-2-1-3-6-11)12-9-20-10-17(12)15(19)13-7-4-8-21-13/h4,7-8,11-12H,1-3,5-6,9-10H2,(H,16,18). The molecule has 1 N–H and O–H groups in total. The molecule has 1 aliphatic carbocycles. The third-order valence-corrected chi connectivity index (χ3v) is 6.00. The highest BCUT2D eigenvalue weighted by atomic mass is 32.2. The van der Waals surface area contributed by atoms with E-state index in [2.05, 4.69) is 5.32 Å². The molecule has 21 heavy (non-hydrogen) atoms. The molecule has 114 valence electrons. The molecular formula is C15H20N2O2S2. The number of rotatable bonds is 3. The largest absolute Gasteiger partial charge is 0.352 e. The van der Waals surface area contributed by atoms with Gasteiger partial charge in [0.15, 0.2) is 0 Å². The van der Waals surface area contributed by atoms with E-state index >= 15 is 0 Å². The second-order valence-corrected chi connectivity index (χ2v) is 7.56. The SMILES string of the molecule is O=C(NC1CCCCC1)C1CSCN1C(=O)c1cccs1. The number of thiophene rings is 1. The fourth-order valence-corrected chi connectivity index (χ4v) is 4.78. The lowest BCUT2D eigenvalue weighted by Crippen LogP contribution is -2.50. The van der Waals surface area contributed by atoms with Gasteiger partial charge in [-0.25, -0.2) is 0 Å². The maximum Gasteiger partial charge on any atom is 0.265 e. The normalized spacial score (nSPS) is 23.2. The molecule has 2 amide bonds. The maximum absolute atomic E-state index is 12.5. The van der Waals surface area contributed by atoms with Gasteiger partial charge in [0.05, 0.1) is 10.8 Å². The van der Waals surface area contributed by atoms with Crippen molar-refractivity contribution >= 4 is 34.9 Å². The molecule has 0 aromatic carbocycles. The van der Waals surface area contributed by atoms with Crippen molar-refractivity contribution in [1.29, 1.82) is 0 Å². The Bertz CT molecular complexity index is 498. The molecule has 3 rings (SSSR count). The predicted octanol–water partition coefficient (Wildman–Crippen LogP) is 2.71. The van der Waals surface area contributed by atoms with Crippen molar-refractivity contribution in [2.24, 2.45) is 0 Å². The lowest BCUT2D eigenvalue weighted by atomic mass is 9.95. The van der Waals surface area contributed by atoms with Gasteiger partial charge in [-0.05, 0) is 24.3 Å². The highest BCUT2D eigenvalue weighted by Gasteiger charge is 2.36. The molecule has 1 atom stereocenters. The van der Waals surface area contributed by atoms with Crippen LogP contribution in [0.15, 0.2) is 17.5 Å². The molecule has 0 bridgehead atoms. The third-order valence-electron chi connectivity index (χ3n) is 4.13. The number of carbonyl (C=O) groups is 2. The summed E-state index contributed by atoms with van der Waals surface area (Å²) in [6, 6.07) is 3.69. The summed E-state index contributed by atoms with van der Waals surface area (Å²) < 4.78 is 0. The van der Waals surface area contributed by atoms with E-state index in [1.165, 1.54) is 30.6 Å². The fraction of sp³-hybridized carbons (Fsp3) is 0.600. The second kappa shape index (κ2) is 6.83. The summed E-state index contributed by atoms with van der Waals surface area (Å²) in [6.45, 7) is 0. The fourth-order valence-electron chi connectivity index (χ4n) is 2.95. The number of nitrogens with zero attached hydrogens (tertiary/aromatic N) is 1. The van der Waals surface area contributed by atoms with Gasteiger partial charge in [-0.2, -0.15) is 0 Å². The van der Waals surface area contributed by atoms with E-state index < -0.39 is 0 Å². The van der Waals surface area contributed by atoms with Crippen LogP contribution in [0.1, 0.15) is 41.8 Å². The lowest BCUT2D eigenvalue weighted by molar-refractivity contribution is -0.125. The van der Waals surface area contributed by atoms with Crippen LogP contribution in [0.4, 0.5) is 0 Å². The summed E-state index contributed by atoms with van der Waals surface area (Å²) in [5.74, 6) is 1.32. The quantitative estimate of drug-likeness (QED) is 0.930. The highest BCUT2D eigenvalue weighted by molar-refractivity contribution is 7.99. The molecule has 1 saturated heterocycles. The Morgan fingerprint density at radius 1 is 1.24 bits per heavy atom. The van der Waals surface area contributed by atoms with Crippen LogP contribution in [-0.4, -0.2) is 40.4 Å². The van der Waals surface area contributed by atoms with Crippen molar-refractivity contribution in [3.05, 3.63) is 22.4 Å². The monoisotopic (exact) mass is 324 g/mol. The van der Waals surface area contributed by atoms with Gasteiger partial charge in [-0.15, -0.1) is 23.1 Å².